The van der Waals surface area contributed by atoms with Gasteiger partial charge in [-0.2, -0.15) is 0 Å². The molecule has 1 aromatic heterocycles. The molecule has 3 aromatic rings. The van der Waals surface area contributed by atoms with Gasteiger partial charge in [0.05, 0.1) is 24.2 Å². The van der Waals surface area contributed by atoms with Gasteiger partial charge in [-0.05, 0) is 43.3 Å². The van der Waals surface area contributed by atoms with E-state index in [2.05, 4.69) is 10.3 Å². The number of hydrogen-bond acceptors (Lipinski definition) is 4. The standard InChI is InChI=1S/C18H19N3O3/c1-2-24-14-9-7-13(8-10-14)19-18(23)17-20-15-5-3-4-6-16(15)21(17)11-12-22/h3-10,22H,2,11-12H2,1H3,(H,19,23). The number of ether oxygens (including phenoxy) is 1. The molecule has 0 aliphatic heterocycles. The topological polar surface area (TPSA) is 76.4 Å². The quantitative estimate of drug-likeness (QED) is 0.730. The smallest absolute Gasteiger partial charge is 0.291 e. The lowest BCUT2D eigenvalue weighted by Gasteiger charge is -2.09. The molecule has 0 aliphatic carbocycles. The summed E-state index contributed by atoms with van der Waals surface area (Å²) in [5, 5.41) is 12.1. The zero-order chi connectivity index (χ0) is 16.9. The highest BCUT2D eigenvalue weighted by atomic mass is 16.5. The summed E-state index contributed by atoms with van der Waals surface area (Å²) >= 11 is 0. The molecule has 0 radical (unpaired) electrons. The van der Waals surface area contributed by atoms with Crippen molar-refractivity contribution in [3.63, 3.8) is 0 Å². The maximum absolute atomic E-state index is 12.6. The largest absolute Gasteiger partial charge is 0.494 e. The Balaban J connectivity index is 1.86. The summed E-state index contributed by atoms with van der Waals surface area (Å²) in [6.45, 7) is 2.76. The van der Waals surface area contributed by atoms with E-state index >= 15 is 0 Å². The van der Waals surface area contributed by atoms with Gasteiger partial charge in [-0.1, -0.05) is 12.1 Å². The summed E-state index contributed by atoms with van der Waals surface area (Å²) in [5.41, 5.74) is 2.21. The van der Waals surface area contributed by atoms with Gasteiger partial charge in [-0.15, -0.1) is 0 Å². The molecule has 0 atom stereocenters. The second-order valence-electron chi connectivity index (χ2n) is 5.21. The summed E-state index contributed by atoms with van der Waals surface area (Å²) in [5.74, 6) is 0.714. The Kier molecular flexibility index (Phi) is 4.77. The Labute approximate surface area is 139 Å². The van der Waals surface area contributed by atoms with Crippen LogP contribution < -0.4 is 10.1 Å². The summed E-state index contributed by atoms with van der Waals surface area (Å²) < 4.78 is 7.11. The highest BCUT2D eigenvalue weighted by Gasteiger charge is 2.17. The molecule has 0 saturated carbocycles. The van der Waals surface area contributed by atoms with Crippen LogP contribution in [-0.4, -0.2) is 33.8 Å². The fraction of sp³-hybridized carbons (Fsp3) is 0.222. The van der Waals surface area contributed by atoms with Gasteiger partial charge in [0, 0.05) is 12.2 Å². The lowest BCUT2D eigenvalue weighted by Crippen LogP contribution is -2.19. The molecular weight excluding hydrogens is 306 g/mol. The van der Waals surface area contributed by atoms with E-state index in [4.69, 9.17) is 4.74 Å². The lowest BCUT2D eigenvalue weighted by molar-refractivity contribution is 0.101. The molecular formula is C18H19N3O3. The van der Waals surface area contributed by atoms with Gasteiger partial charge >= 0.3 is 0 Å². The van der Waals surface area contributed by atoms with Gasteiger partial charge in [-0.3, -0.25) is 4.79 Å². The molecule has 6 heteroatoms. The number of aliphatic hydroxyl groups excluding tert-OH is 1. The van der Waals surface area contributed by atoms with Gasteiger partial charge in [0.15, 0.2) is 5.82 Å². The zero-order valence-corrected chi connectivity index (χ0v) is 13.4. The Morgan fingerprint density at radius 3 is 2.67 bits per heavy atom. The molecule has 0 spiro atoms. The van der Waals surface area contributed by atoms with Crippen LogP contribution >= 0.6 is 0 Å². The number of anilines is 1. The molecule has 124 valence electrons. The Bertz CT molecular complexity index is 840. The number of fused-ring (bicyclic) bond motifs is 1. The minimum atomic E-state index is -0.316. The van der Waals surface area contributed by atoms with Crippen LogP contribution in [0.3, 0.4) is 0 Å². The van der Waals surface area contributed by atoms with Crippen LogP contribution in [0.1, 0.15) is 17.5 Å². The number of hydrogen-bond donors (Lipinski definition) is 2. The zero-order valence-electron chi connectivity index (χ0n) is 13.4. The minimum absolute atomic E-state index is 0.0658. The SMILES string of the molecule is CCOc1ccc(NC(=O)c2nc3ccccc3n2CCO)cc1. The van der Waals surface area contributed by atoms with Crippen molar-refractivity contribution in [1.82, 2.24) is 9.55 Å². The van der Waals surface area contributed by atoms with E-state index in [0.29, 0.717) is 18.8 Å². The first-order valence-corrected chi connectivity index (χ1v) is 7.83. The molecule has 3 rings (SSSR count). The van der Waals surface area contributed by atoms with Gasteiger partial charge < -0.3 is 19.7 Å². The molecule has 1 amide bonds. The first-order valence-electron chi connectivity index (χ1n) is 7.83. The first-order chi connectivity index (χ1) is 11.7. The number of amides is 1. The fourth-order valence-electron chi connectivity index (χ4n) is 2.56. The number of carbonyl (C=O) groups is 1. The number of benzene rings is 2. The van der Waals surface area contributed by atoms with E-state index in [9.17, 15) is 9.90 Å². The van der Waals surface area contributed by atoms with Crippen LogP contribution in [-0.2, 0) is 6.54 Å². The number of imidazole rings is 1. The van der Waals surface area contributed by atoms with Crippen molar-refractivity contribution in [2.24, 2.45) is 0 Å². The van der Waals surface area contributed by atoms with Crippen LogP contribution in [0.15, 0.2) is 48.5 Å². The number of nitrogens with zero attached hydrogens (tertiary/aromatic N) is 2. The molecule has 6 nitrogen and oxygen atoms in total. The van der Waals surface area contributed by atoms with Gasteiger partial charge in [0.25, 0.3) is 5.91 Å². The number of aromatic nitrogens is 2. The van der Waals surface area contributed by atoms with Crippen LogP contribution in [0.25, 0.3) is 11.0 Å². The van der Waals surface area contributed by atoms with Crippen molar-refractivity contribution < 1.29 is 14.6 Å². The van der Waals surface area contributed by atoms with Crippen molar-refractivity contribution in [2.45, 2.75) is 13.5 Å². The Hall–Kier alpha value is -2.86. The predicted molar refractivity (Wildman–Crippen MR) is 92.4 cm³/mol. The van der Waals surface area contributed by atoms with Gasteiger partial charge in [-0.25, -0.2) is 4.98 Å². The summed E-state index contributed by atoms with van der Waals surface area (Å²) in [4.78, 5) is 17.0. The van der Waals surface area contributed by atoms with E-state index in [1.54, 1.807) is 28.8 Å². The van der Waals surface area contributed by atoms with E-state index in [0.717, 1.165) is 16.8 Å². The molecule has 2 N–H and O–H groups in total. The van der Waals surface area contributed by atoms with Gasteiger partial charge in [0.1, 0.15) is 5.75 Å². The molecule has 2 aromatic carbocycles. The molecule has 0 saturated heterocycles. The Morgan fingerprint density at radius 2 is 1.96 bits per heavy atom. The molecule has 0 fully saturated rings. The van der Waals surface area contributed by atoms with Crippen molar-refractivity contribution in [3.8, 4) is 5.75 Å². The summed E-state index contributed by atoms with van der Waals surface area (Å²) in [6.07, 6.45) is 0. The monoisotopic (exact) mass is 325 g/mol. The molecule has 0 bridgehead atoms. The van der Waals surface area contributed by atoms with Crippen molar-refractivity contribution in [1.29, 1.82) is 0 Å². The predicted octanol–water partition coefficient (Wildman–Crippen LogP) is 2.68. The average molecular weight is 325 g/mol. The second kappa shape index (κ2) is 7.14. The number of nitrogens with one attached hydrogen (secondary N) is 1. The number of para-hydroxylation sites is 2. The maximum atomic E-state index is 12.6. The lowest BCUT2D eigenvalue weighted by atomic mass is 10.3. The van der Waals surface area contributed by atoms with E-state index in [-0.39, 0.29) is 18.3 Å². The molecule has 0 unspecified atom stereocenters. The van der Waals surface area contributed by atoms with Crippen LogP contribution in [0.4, 0.5) is 5.69 Å². The van der Waals surface area contributed by atoms with Crippen LogP contribution in [0, 0.1) is 0 Å². The highest BCUT2D eigenvalue weighted by Crippen LogP contribution is 2.19. The normalized spacial score (nSPS) is 10.8. The summed E-state index contributed by atoms with van der Waals surface area (Å²) in [6, 6.07) is 14.6. The highest BCUT2D eigenvalue weighted by molar-refractivity contribution is 6.03. The molecule has 0 aliphatic rings. The fourth-order valence-corrected chi connectivity index (χ4v) is 2.56. The first kappa shape index (κ1) is 16.0. The van der Waals surface area contributed by atoms with Crippen LogP contribution in [0.5, 0.6) is 5.75 Å². The van der Waals surface area contributed by atoms with E-state index in [1.165, 1.54) is 0 Å². The van der Waals surface area contributed by atoms with Crippen molar-refractivity contribution in [3.05, 3.63) is 54.4 Å². The third kappa shape index (κ3) is 3.23. The summed E-state index contributed by atoms with van der Waals surface area (Å²) in [7, 11) is 0. The van der Waals surface area contributed by atoms with Crippen molar-refractivity contribution >= 4 is 22.6 Å². The average Bonchev–Trinajstić information content (AvgIpc) is 2.96. The maximum Gasteiger partial charge on any atom is 0.291 e. The third-order valence-corrected chi connectivity index (χ3v) is 3.60. The van der Waals surface area contributed by atoms with Crippen LogP contribution in [0.2, 0.25) is 0 Å². The van der Waals surface area contributed by atoms with Gasteiger partial charge in [0.2, 0.25) is 0 Å². The minimum Gasteiger partial charge on any atom is -0.494 e. The molecule has 24 heavy (non-hydrogen) atoms. The van der Waals surface area contributed by atoms with Crippen molar-refractivity contribution in [2.75, 3.05) is 18.5 Å². The third-order valence-electron chi connectivity index (χ3n) is 3.60. The number of rotatable bonds is 6. The Morgan fingerprint density at radius 1 is 1.21 bits per heavy atom. The molecule has 1 heterocycles. The van der Waals surface area contributed by atoms with E-state index < -0.39 is 0 Å². The van der Waals surface area contributed by atoms with E-state index in [1.807, 2.05) is 31.2 Å². The number of carbonyl (C=O) groups excluding carboxylic acids is 1. The number of aliphatic hydroxyl groups is 1. The second-order valence-corrected chi connectivity index (χ2v) is 5.21.